The number of hydrogen-bond donors (Lipinski definition) is 1. The van der Waals surface area contributed by atoms with Gasteiger partial charge in [-0.2, -0.15) is 0 Å². The third-order valence-electron chi connectivity index (χ3n) is 2.65. The summed E-state index contributed by atoms with van der Waals surface area (Å²) in [5.74, 6) is 0.374. The van der Waals surface area contributed by atoms with Gasteiger partial charge in [0.1, 0.15) is 9.84 Å². The van der Waals surface area contributed by atoms with Crippen LogP contribution >= 0.6 is 15.9 Å². The first kappa shape index (κ1) is 14.7. The molecule has 0 aromatic heterocycles. The summed E-state index contributed by atoms with van der Waals surface area (Å²) in [4.78, 5) is 0. The van der Waals surface area contributed by atoms with Crippen molar-refractivity contribution in [3.63, 3.8) is 0 Å². The van der Waals surface area contributed by atoms with E-state index in [1.54, 1.807) is 6.92 Å². The lowest BCUT2D eigenvalue weighted by Crippen LogP contribution is -2.26. The molecule has 0 saturated heterocycles. The number of rotatable bonds is 6. The van der Waals surface area contributed by atoms with Crippen molar-refractivity contribution < 1.29 is 8.42 Å². The first-order chi connectivity index (χ1) is 7.93. The van der Waals surface area contributed by atoms with Crippen molar-refractivity contribution in [2.24, 2.45) is 5.73 Å². The normalized spacial score (nSPS) is 13.6. The maximum Gasteiger partial charge on any atom is 0.150 e. The highest BCUT2D eigenvalue weighted by Gasteiger charge is 2.11. The average molecular weight is 320 g/mol. The standard InChI is InChI=1S/C12H18BrNO2S/c1-2-17(15,16)8-7-12(14)9-10-3-5-11(13)6-4-10/h3-6,12H,2,7-9,14H2,1H3. The molecule has 3 nitrogen and oxygen atoms in total. The van der Waals surface area contributed by atoms with Gasteiger partial charge in [0.05, 0.1) is 5.75 Å². The number of hydrogen-bond acceptors (Lipinski definition) is 3. The molecule has 0 saturated carbocycles. The number of sulfone groups is 1. The summed E-state index contributed by atoms with van der Waals surface area (Å²) < 4.78 is 23.7. The first-order valence-corrected chi connectivity index (χ1v) is 8.25. The van der Waals surface area contributed by atoms with E-state index in [0.717, 1.165) is 10.0 Å². The van der Waals surface area contributed by atoms with Crippen molar-refractivity contribution in [2.45, 2.75) is 25.8 Å². The van der Waals surface area contributed by atoms with Crippen molar-refractivity contribution >= 4 is 25.8 Å². The van der Waals surface area contributed by atoms with E-state index < -0.39 is 9.84 Å². The summed E-state index contributed by atoms with van der Waals surface area (Å²) in [6.45, 7) is 1.66. The lowest BCUT2D eigenvalue weighted by Gasteiger charge is -2.11. The molecule has 2 N–H and O–H groups in total. The summed E-state index contributed by atoms with van der Waals surface area (Å²) >= 11 is 3.37. The van der Waals surface area contributed by atoms with Crippen molar-refractivity contribution in [1.29, 1.82) is 0 Å². The van der Waals surface area contributed by atoms with Crippen LogP contribution in [0.4, 0.5) is 0 Å². The molecule has 0 bridgehead atoms. The highest BCUT2D eigenvalue weighted by molar-refractivity contribution is 9.10. The number of nitrogens with two attached hydrogens (primary N) is 1. The molecule has 1 atom stereocenters. The van der Waals surface area contributed by atoms with Gasteiger partial charge in [-0.05, 0) is 30.5 Å². The number of halogens is 1. The van der Waals surface area contributed by atoms with Crippen LogP contribution in [0.1, 0.15) is 18.9 Å². The van der Waals surface area contributed by atoms with Gasteiger partial charge in [0.25, 0.3) is 0 Å². The zero-order valence-electron chi connectivity index (χ0n) is 9.90. The quantitative estimate of drug-likeness (QED) is 0.874. The molecule has 0 aliphatic rings. The molecule has 0 fully saturated rings. The van der Waals surface area contributed by atoms with Crippen molar-refractivity contribution in [3.05, 3.63) is 34.3 Å². The fraction of sp³-hybridized carbons (Fsp3) is 0.500. The van der Waals surface area contributed by atoms with Gasteiger partial charge in [0, 0.05) is 16.3 Å². The molecule has 96 valence electrons. The van der Waals surface area contributed by atoms with Gasteiger partial charge < -0.3 is 5.73 Å². The minimum Gasteiger partial charge on any atom is -0.327 e. The van der Waals surface area contributed by atoms with E-state index in [2.05, 4.69) is 15.9 Å². The van der Waals surface area contributed by atoms with Crippen molar-refractivity contribution in [2.75, 3.05) is 11.5 Å². The fourth-order valence-corrected chi connectivity index (χ4v) is 2.72. The zero-order chi connectivity index (χ0) is 12.9. The van der Waals surface area contributed by atoms with Crippen LogP contribution in [-0.2, 0) is 16.3 Å². The highest BCUT2D eigenvalue weighted by atomic mass is 79.9. The third-order valence-corrected chi connectivity index (χ3v) is 4.92. The molecule has 0 aliphatic heterocycles. The molecule has 0 amide bonds. The Morgan fingerprint density at radius 2 is 1.88 bits per heavy atom. The minimum atomic E-state index is -2.90. The van der Waals surface area contributed by atoms with Crippen molar-refractivity contribution in [1.82, 2.24) is 0 Å². The van der Waals surface area contributed by atoms with Crippen LogP contribution in [0.2, 0.25) is 0 Å². The predicted molar refractivity (Wildman–Crippen MR) is 74.8 cm³/mol. The maximum atomic E-state index is 11.3. The third kappa shape index (κ3) is 5.66. The summed E-state index contributed by atoms with van der Waals surface area (Å²) in [6, 6.07) is 7.82. The van der Waals surface area contributed by atoms with Crippen molar-refractivity contribution in [3.8, 4) is 0 Å². The first-order valence-electron chi connectivity index (χ1n) is 5.63. The van der Waals surface area contributed by atoms with Gasteiger partial charge in [-0.25, -0.2) is 8.42 Å². The Bertz CT molecular complexity index is 442. The van der Waals surface area contributed by atoms with E-state index in [4.69, 9.17) is 5.73 Å². The molecule has 1 rings (SSSR count). The second-order valence-corrected chi connectivity index (χ2v) is 7.50. The Morgan fingerprint density at radius 1 is 1.29 bits per heavy atom. The Labute approximate surface area is 111 Å². The van der Waals surface area contributed by atoms with Crippen LogP contribution in [-0.4, -0.2) is 26.0 Å². The summed E-state index contributed by atoms with van der Waals surface area (Å²) in [5, 5.41) is 0. The van der Waals surface area contributed by atoms with E-state index in [-0.39, 0.29) is 17.5 Å². The smallest absolute Gasteiger partial charge is 0.150 e. The molecule has 0 aliphatic carbocycles. The SMILES string of the molecule is CCS(=O)(=O)CCC(N)Cc1ccc(Br)cc1. The molecule has 17 heavy (non-hydrogen) atoms. The van der Waals surface area contributed by atoms with Gasteiger partial charge >= 0.3 is 0 Å². The van der Waals surface area contributed by atoms with E-state index in [1.165, 1.54) is 0 Å². The van der Waals surface area contributed by atoms with Crippen LogP contribution in [0.5, 0.6) is 0 Å². The molecule has 5 heteroatoms. The van der Waals surface area contributed by atoms with Gasteiger partial charge in [0.2, 0.25) is 0 Å². The van der Waals surface area contributed by atoms with E-state index in [9.17, 15) is 8.42 Å². The highest BCUT2D eigenvalue weighted by Crippen LogP contribution is 2.12. The van der Waals surface area contributed by atoms with Gasteiger partial charge in [-0.15, -0.1) is 0 Å². The van der Waals surface area contributed by atoms with E-state index >= 15 is 0 Å². The minimum absolute atomic E-state index is 0.0995. The van der Waals surface area contributed by atoms with E-state index in [1.807, 2.05) is 24.3 Å². The zero-order valence-corrected chi connectivity index (χ0v) is 12.3. The van der Waals surface area contributed by atoms with Crippen LogP contribution in [0.25, 0.3) is 0 Å². The Kier molecular flexibility index (Phi) is 5.62. The molecular formula is C12H18BrNO2S. The molecule has 1 aromatic carbocycles. The predicted octanol–water partition coefficient (Wildman–Crippen LogP) is 2.14. The molecular weight excluding hydrogens is 302 g/mol. The largest absolute Gasteiger partial charge is 0.327 e. The van der Waals surface area contributed by atoms with Gasteiger partial charge in [0.15, 0.2) is 0 Å². The van der Waals surface area contributed by atoms with Crippen LogP contribution < -0.4 is 5.73 Å². The van der Waals surface area contributed by atoms with Crippen LogP contribution in [0.15, 0.2) is 28.7 Å². The molecule has 1 aromatic rings. The second kappa shape index (κ2) is 6.52. The van der Waals surface area contributed by atoms with Crippen LogP contribution in [0, 0.1) is 0 Å². The summed E-state index contributed by atoms with van der Waals surface area (Å²) in [5.41, 5.74) is 7.06. The Balaban J connectivity index is 2.45. The Morgan fingerprint density at radius 3 is 2.41 bits per heavy atom. The lowest BCUT2D eigenvalue weighted by molar-refractivity contribution is 0.581. The number of benzene rings is 1. The van der Waals surface area contributed by atoms with Gasteiger partial charge in [-0.1, -0.05) is 35.0 Å². The maximum absolute atomic E-state index is 11.3. The summed E-state index contributed by atoms with van der Waals surface area (Å²) in [6.07, 6.45) is 1.23. The molecule has 0 radical (unpaired) electrons. The summed E-state index contributed by atoms with van der Waals surface area (Å²) in [7, 11) is -2.90. The van der Waals surface area contributed by atoms with Crippen LogP contribution in [0.3, 0.4) is 0 Å². The lowest BCUT2D eigenvalue weighted by atomic mass is 10.1. The second-order valence-electron chi connectivity index (χ2n) is 4.12. The Hall–Kier alpha value is -0.390. The fourth-order valence-electron chi connectivity index (χ4n) is 1.50. The molecule has 0 heterocycles. The molecule has 0 spiro atoms. The monoisotopic (exact) mass is 319 g/mol. The topological polar surface area (TPSA) is 60.2 Å². The average Bonchev–Trinajstić information content (AvgIpc) is 2.30. The van der Waals surface area contributed by atoms with Gasteiger partial charge in [-0.3, -0.25) is 0 Å². The van der Waals surface area contributed by atoms with E-state index in [0.29, 0.717) is 12.8 Å². The molecule has 1 unspecified atom stereocenters.